The van der Waals surface area contributed by atoms with Crippen LogP contribution in [0.5, 0.6) is 5.75 Å². The Morgan fingerprint density at radius 2 is 2.17 bits per heavy atom. The lowest BCUT2D eigenvalue weighted by atomic mass is 10.0. The van der Waals surface area contributed by atoms with E-state index in [0.29, 0.717) is 6.54 Å². The second kappa shape index (κ2) is 6.93. The molecule has 0 saturated heterocycles. The van der Waals surface area contributed by atoms with Crippen LogP contribution in [0.1, 0.15) is 30.9 Å². The lowest BCUT2D eigenvalue weighted by molar-refractivity contribution is -0.385. The molecule has 0 fully saturated rings. The second-order valence-electron chi connectivity index (χ2n) is 4.08. The van der Waals surface area contributed by atoms with Crippen molar-refractivity contribution in [3.05, 3.63) is 33.9 Å². The third-order valence-corrected chi connectivity index (χ3v) is 2.80. The standard InChI is InChI=1S/C12H19N3O3/c1-18-12-6-5-9(8-11(12)15(16)17)10(14)4-2-3-7-13/h5-6,8,10H,2-4,7,13-14H2,1H3/t10-/m0/s1. The summed E-state index contributed by atoms with van der Waals surface area (Å²) in [6.45, 7) is 0.634. The number of ether oxygens (including phenoxy) is 1. The molecular weight excluding hydrogens is 234 g/mol. The van der Waals surface area contributed by atoms with Gasteiger partial charge in [-0.2, -0.15) is 0 Å². The highest BCUT2D eigenvalue weighted by Crippen LogP contribution is 2.30. The Balaban J connectivity index is 2.83. The van der Waals surface area contributed by atoms with Crippen molar-refractivity contribution in [3.8, 4) is 5.75 Å². The highest BCUT2D eigenvalue weighted by Gasteiger charge is 2.17. The first kappa shape index (κ1) is 14.4. The van der Waals surface area contributed by atoms with Crippen molar-refractivity contribution in [2.75, 3.05) is 13.7 Å². The molecule has 1 rings (SSSR count). The molecule has 18 heavy (non-hydrogen) atoms. The molecule has 0 aliphatic carbocycles. The molecule has 0 saturated carbocycles. The first-order valence-electron chi connectivity index (χ1n) is 5.88. The molecular formula is C12H19N3O3. The molecule has 0 aliphatic rings. The summed E-state index contributed by atoms with van der Waals surface area (Å²) >= 11 is 0. The van der Waals surface area contributed by atoms with Crippen molar-refractivity contribution in [2.24, 2.45) is 11.5 Å². The average molecular weight is 253 g/mol. The first-order valence-corrected chi connectivity index (χ1v) is 5.88. The maximum atomic E-state index is 10.9. The van der Waals surface area contributed by atoms with Gasteiger partial charge < -0.3 is 16.2 Å². The van der Waals surface area contributed by atoms with Crippen LogP contribution in [-0.2, 0) is 0 Å². The largest absolute Gasteiger partial charge is 0.490 e. The number of hydrogen-bond donors (Lipinski definition) is 2. The summed E-state index contributed by atoms with van der Waals surface area (Å²) < 4.78 is 4.94. The number of unbranched alkanes of at least 4 members (excludes halogenated alkanes) is 1. The Bertz CT molecular complexity index is 410. The smallest absolute Gasteiger partial charge is 0.311 e. The van der Waals surface area contributed by atoms with Gasteiger partial charge in [0.1, 0.15) is 0 Å². The lowest BCUT2D eigenvalue weighted by Gasteiger charge is -2.12. The molecule has 0 aliphatic heterocycles. The van der Waals surface area contributed by atoms with Crippen molar-refractivity contribution < 1.29 is 9.66 Å². The topological polar surface area (TPSA) is 104 Å². The fraction of sp³-hybridized carbons (Fsp3) is 0.500. The Kier molecular flexibility index (Phi) is 5.54. The predicted molar refractivity (Wildman–Crippen MR) is 69.5 cm³/mol. The highest BCUT2D eigenvalue weighted by atomic mass is 16.6. The molecule has 0 bridgehead atoms. The van der Waals surface area contributed by atoms with Crippen LogP contribution in [0.2, 0.25) is 0 Å². The van der Waals surface area contributed by atoms with E-state index in [-0.39, 0.29) is 17.5 Å². The maximum Gasteiger partial charge on any atom is 0.311 e. The Morgan fingerprint density at radius 3 is 2.72 bits per heavy atom. The van der Waals surface area contributed by atoms with Crippen molar-refractivity contribution in [2.45, 2.75) is 25.3 Å². The molecule has 0 unspecified atom stereocenters. The second-order valence-corrected chi connectivity index (χ2v) is 4.08. The van der Waals surface area contributed by atoms with Crippen LogP contribution in [0.15, 0.2) is 18.2 Å². The van der Waals surface area contributed by atoms with Crippen molar-refractivity contribution in [1.29, 1.82) is 0 Å². The van der Waals surface area contributed by atoms with Gasteiger partial charge in [0.15, 0.2) is 5.75 Å². The van der Waals surface area contributed by atoms with Crippen molar-refractivity contribution >= 4 is 5.69 Å². The van der Waals surface area contributed by atoms with Crippen LogP contribution >= 0.6 is 0 Å². The molecule has 6 nitrogen and oxygen atoms in total. The summed E-state index contributed by atoms with van der Waals surface area (Å²) in [6.07, 6.45) is 2.59. The number of methoxy groups -OCH3 is 1. The van der Waals surface area contributed by atoms with Crippen molar-refractivity contribution in [3.63, 3.8) is 0 Å². The van der Waals surface area contributed by atoms with Gasteiger partial charge in [-0.15, -0.1) is 0 Å². The van der Waals surface area contributed by atoms with Crippen LogP contribution in [0, 0.1) is 10.1 Å². The summed E-state index contributed by atoms with van der Waals surface area (Å²) in [5.41, 5.74) is 12.1. The van der Waals surface area contributed by atoms with E-state index in [1.54, 1.807) is 12.1 Å². The quantitative estimate of drug-likeness (QED) is 0.437. The van der Waals surface area contributed by atoms with E-state index >= 15 is 0 Å². The number of nitro benzene ring substituents is 1. The van der Waals surface area contributed by atoms with E-state index < -0.39 is 4.92 Å². The molecule has 0 aromatic heterocycles. The summed E-state index contributed by atoms with van der Waals surface area (Å²) in [6, 6.07) is 4.61. The van der Waals surface area contributed by atoms with Crippen LogP contribution in [-0.4, -0.2) is 18.6 Å². The molecule has 1 aromatic rings. The molecule has 1 aromatic carbocycles. The van der Waals surface area contributed by atoms with Gasteiger partial charge in [0, 0.05) is 12.1 Å². The van der Waals surface area contributed by atoms with Gasteiger partial charge >= 0.3 is 5.69 Å². The van der Waals surface area contributed by atoms with E-state index in [0.717, 1.165) is 24.8 Å². The highest BCUT2D eigenvalue weighted by molar-refractivity contribution is 5.49. The van der Waals surface area contributed by atoms with Gasteiger partial charge in [0.25, 0.3) is 0 Å². The number of nitrogens with zero attached hydrogens (tertiary/aromatic N) is 1. The van der Waals surface area contributed by atoms with Crippen molar-refractivity contribution in [1.82, 2.24) is 0 Å². The van der Waals surface area contributed by atoms with Gasteiger partial charge in [0.2, 0.25) is 0 Å². The van der Waals surface area contributed by atoms with Gasteiger partial charge in [0.05, 0.1) is 12.0 Å². The summed E-state index contributed by atoms with van der Waals surface area (Å²) in [5.74, 6) is 0.248. The number of nitro groups is 1. The minimum Gasteiger partial charge on any atom is -0.490 e. The average Bonchev–Trinajstić information content (AvgIpc) is 2.38. The molecule has 0 heterocycles. The number of nitrogens with two attached hydrogens (primary N) is 2. The normalized spacial score (nSPS) is 12.2. The number of rotatable bonds is 7. The fourth-order valence-electron chi connectivity index (χ4n) is 1.76. The number of hydrogen-bond acceptors (Lipinski definition) is 5. The molecule has 4 N–H and O–H groups in total. The van der Waals surface area contributed by atoms with Crippen LogP contribution < -0.4 is 16.2 Å². The molecule has 6 heteroatoms. The first-order chi connectivity index (χ1) is 8.60. The maximum absolute atomic E-state index is 10.9. The zero-order valence-corrected chi connectivity index (χ0v) is 10.5. The Morgan fingerprint density at radius 1 is 1.44 bits per heavy atom. The Hall–Kier alpha value is -1.66. The van der Waals surface area contributed by atoms with Crippen LogP contribution in [0.3, 0.4) is 0 Å². The molecule has 100 valence electrons. The molecule has 1 atom stereocenters. The Labute approximate surface area is 106 Å². The van der Waals surface area contributed by atoms with E-state index in [1.165, 1.54) is 13.2 Å². The minimum atomic E-state index is -0.463. The van der Waals surface area contributed by atoms with Gasteiger partial charge in [-0.05, 0) is 31.0 Å². The van der Waals surface area contributed by atoms with E-state index in [1.807, 2.05) is 0 Å². The van der Waals surface area contributed by atoms with E-state index in [9.17, 15) is 10.1 Å². The number of benzene rings is 1. The third-order valence-electron chi connectivity index (χ3n) is 2.80. The third kappa shape index (κ3) is 3.68. The van der Waals surface area contributed by atoms with E-state index in [2.05, 4.69) is 0 Å². The monoisotopic (exact) mass is 253 g/mol. The zero-order valence-electron chi connectivity index (χ0n) is 10.5. The SMILES string of the molecule is COc1ccc([C@@H](N)CCCCN)cc1[N+](=O)[O-]. The van der Waals surface area contributed by atoms with Gasteiger partial charge in [-0.3, -0.25) is 10.1 Å². The zero-order chi connectivity index (χ0) is 13.5. The molecule has 0 spiro atoms. The van der Waals surface area contributed by atoms with Gasteiger partial charge in [-0.1, -0.05) is 12.5 Å². The fourth-order valence-corrected chi connectivity index (χ4v) is 1.76. The summed E-state index contributed by atoms with van der Waals surface area (Å²) in [7, 11) is 1.41. The summed E-state index contributed by atoms with van der Waals surface area (Å²) in [4.78, 5) is 10.4. The van der Waals surface area contributed by atoms with E-state index in [4.69, 9.17) is 16.2 Å². The predicted octanol–water partition coefficient (Wildman–Crippen LogP) is 1.73. The minimum absolute atomic E-state index is 0.0516. The van der Waals surface area contributed by atoms with Crippen LogP contribution in [0.25, 0.3) is 0 Å². The molecule has 0 amide bonds. The molecule has 0 radical (unpaired) electrons. The lowest BCUT2D eigenvalue weighted by Crippen LogP contribution is -2.11. The van der Waals surface area contributed by atoms with Crippen LogP contribution in [0.4, 0.5) is 5.69 Å². The summed E-state index contributed by atoms with van der Waals surface area (Å²) in [5, 5.41) is 10.9. The van der Waals surface area contributed by atoms with Gasteiger partial charge in [-0.25, -0.2) is 0 Å².